The Morgan fingerprint density at radius 2 is 2.06 bits per heavy atom. The highest BCUT2D eigenvalue weighted by Crippen LogP contribution is 2.15. The lowest BCUT2D eigenvalue weighted by Gasteiger charge is -2.04. The fourth-order valence-electron chi connectivity index (χ4n) is 1.55. The zero-order valence-electron chi connectivity index (χ0n) is 8.94. The number of hydrogen-bond acceptors (Lipinski definition) is 3. The monoisotopic (exact) mass is 219 g/mol. The van der Waals surface area contributed by atoms with Crippen molar-refractivity contribution in [2.45, 2.75) is 13.8 Å². The SMILES string of the molecule is CC(=O)c1c(C)nnn1-c1ccccc1F. The quantitative estimate of drug-likeness (QED) is 0.725. The summed E-state index contributed by atoms with van der Waals surface area (Å²) in [6.07, 6.45) is 0. The number of nitrogens with zero attached hydrogens (tertiary/aromatic N) is 3. The summed E-state index contributed by atoms with van der Waals surface area (Å²) in [5, 5.41) is 7.55. The van der Waals surface area contributed by atoms with Crippen LogP contribution in [0, 0.1) is 12.7 Å². The molecule has 0 atom stereocenters. The Labute approximate surface area is 91.7 Å². The van der Waals surface area contributed by atoms with Crippen LogP contribution in [-0.2, 0) is 0 Å². The van der Waals surface area contributed by atoms with Crippen molar-refractivity contribution < 1.29 is 9.18 Å². The van der Waals surface area contributed by atoms with Crippen LogP contribution in [0.5, 0.6) is 0 Å². The van der Waals surface area contributed by atoms with Gasteiger partial charge in [0.05, 0.1) is 5.69 Å². The molecular weight excluding hydrogens is 209 g/mol. The molecule has 5 heteroatoms. The van der Waals surface area contributed by atoms with Gasteiger partial charge in [-0.15, -0.1) is 5.10 Å². The number of carbonyl (C=O) groups is 1. The molecule has 0 aliphatic carbocycles. The molecule has 0 aliphatic heterocycles. The van der Waals surface area contributed by atoms with Crippen LogP contribution in [0.4, 0.5) is 4.39 Å². The molecule has 0 saturated carbocycles. The van der Waals surface area contributed by atoms with Gasteiger partial charge in [-0.1, -0.05) is 17.3 Å². The molecule has 0 radical (unpaired) electrons. The van der Waals surface area contributed by atoms with E-state index in [4.69, 9.17) is 0 Å². The van der Waals surface area contributed by atoms with E-state index in [-0.39, 0.29) is 11.5 Å². The van der Waals surface area contributed by atoms with E-state index in [0.29, 0.717) is 11.4 Å². The van der Waals surface area contributed by atoms with Gasteiger partial charge in [-0.2, -0.15) is 0 Å². The highest BCUT2D eigenvalue weighted by atomic mass is 19.1. The lowest BCUT2D eigenvalue weighted by atomic mass is 10.2. The summed E-state index contributed by atoms with van der Waals surface area (Å²) in [6.45, 7) is 3.07. The summed E-state index contributed by atoms with van der Waals surface area (Å²) in [4.78, 5) is 11.4. The number of halogens is 1. The topological polar surface area (TPSA) is 47.8 Å². The molecule has 16 heavy (non-hydrogen) atoms. The number of ketones is 1. The van der Waals surface area contributed by atoms with Crippen molar-refractivity contribution in [1.82, 2.24) is 15.0 Å². The molecule has 1 heterocycles. The largest absolute Gasteiger partial charge is 0.293 e. The van der Waals surface area contributed by atoms with E-state index >= 15 is 0 Å². The van der Waals surface area contributed by atoms with Crippen molar-refractivity contribution in [3.8, 4) is 5.69 Å². The number of rotatable bonds is 2. The summed E-state index contributed by atoms with van der Waals surface area (Å²) in [5.41, 5.74) is 1.04. The van der Waals surface area contributed by atoms with Crippen molar-refractivity contribution in [2.75, 3.05) is 0 Å². The van der Waals surface area contributed by atoms with Crippen LogP contribution in [0.25, 0.3) is 5.69 Å². The summed E-state index contributed by atoms with van der Waals surface area (Å²) in [7, 11) is 0. The maximum atomic E-state index is 13.5. The zero-order chi connectivity index (χ0) is 11.7. The number of Topliss-reactive ketones (excluding diaryl/α,β-unsaturated/α-hetero) is 1. The summed E-state index contributed by atoms with van der Waals surface area (Å²) < 4.78 is 14.8. The highest BCUT2D eigenvalue weighted by Gasteiger charge is 2.16. The van der Waals surface area contributed by atoms with E-state index in [2.05, 4.69) is 10.3 Å². The molecule has 0 N–H and O–H groups in total. The first-order valence-electron chi connectivity index (χ1n) is 4.79. The Morgan fingerprint density at radius 3 is 2.69 bits per heavy atom. The van der Waals surface area contributed by atoms with Crippen LogP contribution in [0.3, 0.4) is 0 Å². The van der Waals surface area contributed by atoms with Gasteiger partial charge >= 0.3 is 0 Å². The summed E-state index contributed by atoms with van der Waals surface area (Å²) in [5.74, 6) is -0.624. The Morgan fingerprint density at radius 1 is 1.38 bits per heavy atom. The molecule has 0 aliphatic rings. The number of aromatic nitrogens is 3. The van der Waals surface area contributed by atoms with E-state index < -0.39 is 5.82 Å². The summed E-state index contributed by atoms with van der Waals surface area (Å²) >= 11 is 0. The normalized spacial score (nSPS) is 10.4. The second kappa shape index (κ2) is 3.84. The fraction of sp³-hybridized carbons (Fsp3) is 0.182. The minimum Gasteiger partial charge on any atom is -0.293 e. The van der Waals surface area contributed by atoms with Gasteiger partial charge in [-0.05, 0) is 19.1 Å². The highest BCUT2D eigenvalue weighted by molar-refractivity contribution is 5.93. The maximum Gasteiger partial charge on any atom is 0.180 e. The molecule has 2 rings (SSSR count). The molecule has 0 unspecified atom stereocenters. The molecule has 0 amide bonds. The second-order valence-corrected chi connectivity index (χ2v) is 3.44. The van der Waals surface area contributed by atoms with Gasteiger partial charge in [-0.3, -0.25) is 4.79 Å². The molecule has 0 bridgehead atoms. The summed E-state index contributed by atoms with van der Waals surface area (Å²) in [6, 6.07) is 6.13. The minimum absolute atomic E-state index is 0.189. The van der Waals surface area contributed by atoms with E-state index in [1.807, 2.05) is 0 Å². The van der Waals surface area contributed by atoms with Crippen LogP contribution in [0.2, 0.25) is 0 Å². The van der Waals surface area contributed by atoms with E-state index in [9.17, 15) is 9.18 Å². The molecule has 2 aromatic rings. The standard InChI is InChI=1S/C11H10FN3O/c1-7-11(8(2)16)15(14-13-7)10-6-4-3-5-9(10)12/h3-6H,1-2H3. The number of para-hydroxylation sites is 1. The number of benzene rings is 1. The van der Waals surface area contributed by atoms with E-state index in [1.165, 1.54) is 17.7 Å². The minimum atomic E-state index is -0.435. The molecule has 82 valence electrons. The Bertz CT molecular complexity index is 548. The van der Waals surface area contributed by atoms with Crippen molar-refractivity contribution in [3.63, 3.8) is 0 Å². The van der Waals surface area contributed by atoms with Gasteiger partial charge in [0.15, 0.2) is 5.78 Å². The van der Waals surface area contributed by atoms with Gasteiger partial charge in [0.1, 0.15) is 17.2 Å². The third kappa shape index (κ3) is 1.60. The van der Waals surface area contributed by atoms with E-state index in [0.717, 1.165) is 0 Å². The van der Waals surface area contributed by atoms with Gasteiger partial charge in [-0.25, -0.2) is 9.07 Å². The predicted molar refractivity (Wildman–Crippen MR) is 56.1 cm³/mol. The third-order valence-corrected chi connectivity index (χ3v) is 2.25. The average Bonchev–Trinajstić information content (AvgIpc) is 2.61. The maximum absolute atomic E-state index is 13.5. The lowest BCUT2D eigenvalue weighted by molar-refractivity contribution is 0.101. The molecule has 0 fully saturated rings. The van der Waals surface area contributed by atoms with Crippen LogP contribution in [0.15, 0.2) is 24.3 Å². The van der Waals surface area contributed by atoms with Crippen LogP contribution < -0.4 is 0 Å². The molecular formula is C11H10FN3O. The Balaban J connectivity index is 2.66. The van der Waals surface area contributed by atoms with Crippen molar-refractivity contribution in [3.05, 3.63) is 41.5 Å². The molecule has 0 saturated heterocycles. The number of carbonyl (C=O) groups excluding carboxylic acids is 1. The van der Waals surface area contributed by atoms with E-state index in [1.54, 1.807) is 25.1 Å². The Kier molecular flexibility index (Phi) is 2.52. The first-order valence-corrected chi connectivity index (χ1v) is 4.79. The van der Waals surface area contributed by atoms with Gasteiger partial charge < -0.3 is 0 Å². The molecule has 1 aromatic carbocycles. The first kappa shape index (κ1) is 10.5. The van der Waals surface area contributed by atoms with Crippen molar-refractivity contribution >= 4 is 5.78 Å². The van der Waals surface area contributed by atoms with Crippen LogP contribution >= 0.6 is 0 Å². The van der Waals surface area contributed by atoms with Gasteiger partial charge in [0, 0.05) is 6.92 Å². The van der Waals surface area contributed by atoms with Gasteiger partial charge in [0.2, 0.25) is 0 Å². The number of hydrogen-bond donors (Lipinski definition) is 0. The first-order chi connectivity index (χ1) is 7.61. The lowest BCUT2D eigenvalue weighted by Crippen LogP contribution is -2.08. The second-order valence-electron chi connectivity index (χ2n) is 3.44. The van der Waals surface area contributed by atoms with Gasteiger partial charge in [0.25, 0.3) is 0 Å². The molecule has 0 spiro atoms. The fourth-order valence-corrected chi connectivity index (χ4v) is 1.55. The molecule has 1 aromatic heterocycles. The van der Waals surface area contributed by atoms with Crippen molar-refractivity contribution in [1.29, 1.82) is 0 Å². The van der Waals surface area contributed by atoms with Crippen molar-refractivity contribution in [2.24, 2.45) is 0 Å². The van der Waals surface area contributed by atoms with Crippen LogP contribution in [-0.4, -0.2) is 20.8 Å². The predicted octanol–water partition coefficient (Wildman–Crippen LogP) is 1.92. The molecule has 4 nitrogen and oxygen atoms in total. The third-order valence-electron chi connectivity index (χ3n) is 2.25. The smallest absolute Gasteiger partial charge is 0.180 e. The van der Waals surface area contributed by atoms with Crippen LogP contribution in [0.1, 0.15) is 23.1 Å². The number of aryl methyl sites for hydroxylation is 1. The Hall–Kier alpha value is -2.04. The average molecular weight is 219 g/mol. The zero-order valence-corrected chi connectivity index (χ0v) is 8.94.